The Kier molecular flexibility index (Phi) is 4.09. The number of rotatable bonds is 4. The molecule has 0 spiro atoms. The first-order valence-electron chi connectivity index (χ1n) is 7.38. The lowest BCUT2D eigenvalue weighted by molar-refractivity contribution is 0.0943. The summed E-state index contributed by atoms with van der Waals surface area (Å²) in [4.78, 5) is 14.3. The first-order chi connectivity index (χ1) is 11.0. The minimum atomic E-state index is -0.136. The number of aromatic nitrogens is 2. The van der Waals surface area contributed by atoms with Crippen molar-refractivity contribution in [2.45, 2.75) is 19.9 Å². The number of carbonyl (C=O) groups excluding carboxylic acids is 1. The highest BCUT2D eigenvalue weighted by Crippen LogP contribution is 2.29. The maximum Gasteiger partial charge on any atom is 0.261 e. The molecule has 0 saturated heterocycles. The van der Waals surface area contributed by atoms with Gasteiger partial charge in [-0.05, 0) is 26.0 Å². The van der Waals surface area contributed by atoms with Gasteiger partial charge in [0.1, 0.15) is 10.6 Å². The van der Waals surface area contributed by atoms with Crippen LogP contribution in [-0.2, 0) is 7.05 Å². The van der Waals surface area contributed by atoms with Crippen molar-refractivity contribution in [3.63, 3.8) is 0 Å². The predicted molar refractivity (Wildman–Crippen MR) is 92.2 cm³/mol. The predicted octanol–water partition coefficient (Wildman–Crippen LogP) is 3.44. The molecule has 0 saturated carbocycles. The summed E-state index contributed by atoms with van der Waals surface area (Å²) in [5, 5.41) is 8.43. The summed E-state index contributed by atoms with van der Waals surface area (Å²) >= 11 is 1.46. The van der Waals surface area contributed by atoms with Gasteiger partial charge in [-0.15, -0.1) is 11.3 Å². The molecule has 0 aliphatic heterocycles. The maximum atomic E-state index is 12.5. The summed E-state index contributed by atoms with van der Waals surface area (Å²) in [7, 11) is 3.53. The monoisotopic (exact) mass is 329 g/mol. The number of nitrogens with zero attached hydrogens (tertiary/aromatic N) is 2. The van der Waals surface area contributed by atoms with Gasteiger partial charge in [0.05, 0.1) is 23.7 Å². The van der Waals surface area contributed by atoms with E-state index in [1.54, 1.807) is 7.11 Å². The fourth-order valence-electron chi connectivity index (χ4n) is 2.69. The summed E-state index contributed by atoms with van der Waals surface area (Å²) in [5.41, 5.74) is 1.90. The standard InChI is InChI=1S/C17H19N3O2S/c1-10(12-7-5-6-8-14(12)22-4)18-16(21)15-9-13-11(2)19-20(3)17(13)23-15/h5-10H,1-4H3,(H,18,21)/t10-/m0/s1. The number of hydrogen-bond acceptors (Lipinski definition) is 4. The van der Waals surface area contributed by atoms with E-state index in [0.717, 1.165) is 27.2 Å². The minimum Gasteiger partial charge on any atom is -0.496 e. The summed E-state index contributed by atoms with van der Waals surface area (Å²) < 4.78 is 7.18. The molecule has 0 bridgehead atoms. The van der Waals surface area contributed by atoms with Crippen LogP contribution < -0.4 is 10.1 Å². The topological polar surface area (TPSA) is 56.1 Å². The van der Waals surface area contributed by atoms with Gasteiger partial charge in [0.25, 0.3) is 5.91 Å². The average molecular weight is 329 g/mol. The highest BCUT2D eigenvalue weighted by Gasteiger charge is 2.18. The van der Waals surface area contributed by atoms with Gasteiger partial charge in [0, 0.05) is 18.0 Å². The molecular formula is C17H19N3O2S. The number of ether oxygens (including phenoxy) is 1. The summed E-state index contributed by atoms with van der Waals surface area (Å²) in [6.45, 7) is 3.91. The van der Waals surface area contributed by atoms with Crippen molar-refractivity contribution in [3.8, 4) is 5.75 Å². The van der Waals surface area contributed by atoms with Crippen molar-refractivity contribution in [2.24, 2.45) is 7.05 Å². The second-order valence-corrected chi connectivity index (χ2v) is 6.51. The van der Waals surface area contributed by atoms with Gasteiger partial charge in [-0.25, -0.2) is 0 Å². The smallest absolute Gasteiger partial charge is 0.261 e. The number of carbonyl (C=O) groups is 1. The van der Waals surface area contributed by atoms with Gasteiger partial charge in [-0.3, -0.25) is 9.48 Å². The van der Waals surface area contributed by atoms with E-state index in [1.807, 2.05) is 55.9 Å². The van der Waals surface area contributed by atoms with Gasteiger partial charge in [0.15, 0.2) is 0 Å². The van der Waals surface area contributed by atoms with Crippen LogP contribution in [0.1, 0.15) is 33.9 Å². The summed E-state index contributed by atoms with van der Waals surface area (Å²) in [5.74, 6) is 0.695. The number of amides is 1. The Morgan fingerprint density at radius 2 is 2.13 bits per heavy atom. The summed E-state index contributed by atoms with van der Waals surface area (Å²) in [6.07, 6.45) is 0. The Morgan fingerprint density at radius 1 is 1.39 bits per heavy atom. The van der Waals surface area contributed by atoms with Crippen LogP contribution in [0, 0.1) is 6.92 Å². The molecule has 120 valence electrons. The third kappa shape index (κ3) is 2.82. The van der Waals surface area contributed by atoms with Gasteiger partial charge in [0.2, 0.25) is 0 Å². The van der Waals surface area contributed by atoms with Crippen molar-refractivity contribution in [1.82, 2.24) is 15.1 Å². The number of hydrogen-bond donors (Lipinski definition) is 1. The van der Waals surface area contributed by atoms with Crippen LogP contribution in [-0.4, -0.2) is 22.8 Å². The van der Waals surface area contributed by atoms with Crippen molar-refractivity contribution in [2.75, 3.05) is 7.11 Å². The zero-order chi connectivity index (χ0) is 16.6. The highest BCUT2D eigenvalue weighted by atomic mass is 32.1. The van der Waals surface area contributed by atoms with Crippen molar-refractivity contribution < 1.29 is 9.53 Å². The zero-order valence-electron chi connectivity index (χ0n) is 13.6. The number of thiophene rings is 1. The molecule has 0 fully saturated rings. The van der Waals surface area contributed by atoms with Gasteiger partial charge in [-0.2, -0.15) is 5.10 Å². The van der Waals surface area contributed by atoms with Crippen LogP contribution in [0.2, 0.25) is 0 Å². The van der Waals surface area contributed by atoms with E-state index in [4.69, 9.17) is 4.74 Å². The second kappa shape index (κ2) is 6.04. The quantitative estimate of drug-likeness (QED) is 0.798. The molecule has 6 heteroatoms. The van der Waals surface area contributed by atoms with Crippen LogP contribution in [0.15, 0.2) is 30.3 Å². The number of benzene rings is 1. The van der Waals surface area contributed by atoms with Gasteiger partial charge >= 0.3 is 0 Å². The van der Waals surface area contributed by atoms with Crippen molar-refractivity contribution in [1.29, 1.82) is 0 Å². The number of aryl methyl sites for hydroxylation is 2. The van der Waals surface area contributed by atoms with Crippen LogP contribution in [0.4, 0.5) is 0 Å². The zero-order valence-corrected chi connectivity index (χ0v) is 14.4. The molecule has 1 aromatic carbocycles. The second-order valence-electron chi connectivity index (χ2n) is 5.48. The normalized spacial score (nSPS) is 12.3. The third-order valence-corrected chi connectivity index (χ3v) is 5.07. The molecule has 0 unspecified atom stereocenters. The minimum absolute atomic E-state index is 0.0796. The number of nitrogens with one attached hydrogen (secondary N) is 1. The molecule has 3 rings (SSSR count). The molecule has 5 nitrogen and oxygen atoms in total. The first kappa shape index (κ1) is 15.6. The van der Waals surface area contributed by atoms with E-state index >= 15 is 0 Å². The molecule has 1 atom stereocenters. The first-order valence-corrected chi connectivity index (χ1v) is 8.20. The van der Waals surface area contributed by atoms with Gasteiger partial charge in [-0.1, -0.05) is 18.2 Å². The van der Waals surface area contributed by atoms with E-state index in [-0.39, 0.29) is 11.9 Å². The average Bonchev–Trinajstić information content (AvgIpc) is 3.09. The summed E-state index contributed by atoms with van der Waals surface area (Å²) in [6, 6.07) is 9.48. The molecule has 0 aliphatic carbocycles. The highest BCUT2D eigenvalue weighted by molar-refractivity contribution is 7.20. The molecule has 3 aromatic rings. The molecule has 1 amide bonds. The fourth-order valence-corrected chi connectivity index (χ4v) is 3.71. The third-order valence-electron chi connectivity index (χ3n) is 3.87. The Hall–Kier alpha value is -2.34. The van der Waals surface area contributed by atoms with E-state index in [1.165, 1.54) is 11.3 Å². The number of para-hydroxylation sites is 1. The largest absolute Gasteiger partial charge is 0.496 e. The molecule has 2 heterocycles. The Balaban J connectivity index is 1.83. The number of methoxy groups -OCH3 is 1. The molecule has 0 aliphatic rings. The van der Waals surface area contributed by atoms with E-state index in [2.05, 4.69) is 10.4 Å². The maximum absolute atomic E-state index is 12.5. The molecule has 1 N–H and O–H groups in total. The lowest BCUT2D eigenvalue weighted by Gasteiger charge is -2.16. The molecule has 23 heavy (non-hydrogen) atoms. The van der Waals surface area contributed by atoms with Crippen LogP contribution in [0.25, 0.3) is 10.2 Å². The van der Waals surface area contributed by atoms with Crippen molar-refractivity contribution >= 4 is 27.5 Å². The molecule has 2 aromatic heterocycles. The SMILES string of the molecule is COc1ccccc1[C@H](C)NC(=O)c1cc2c(C)nn(C)c2s1. The fraction of sp³-hybridized carbons (Fsp3) is 0.294. The Morgan fingerprint density at radius 3 is 2.83 bits per heavy atom. The van der Waals surface area contributed by atoms with Gasteiger partial charge < -0.3 is 10.1 Å². The molecule has 0 radical (unpaired) electrons. The van der Waals surface area contributed by atoms with Crippen molar-refractivity contribution in [3.05, 3.63) is 46.5 Å². The van der Waals surface area contributed by atoms with Crippen LogP contribution in [0.3, 0.4) is 0 Å². The molecular weight excluding hydrogens is 310 g/mol. The Bertz CT molecular complexity index is 831. The lowest BCUT2D eigenvalue weighted by Crippen LogP contribution is -2.26. The van der Waals surface area contributed by atoms with E-state index in [9.17, 15) is 4.79 Å². The van der Waals surface area contributed by atoms with E-state index in [0.29, 0.717) is 4.88 Å². The van der Waals surface area contributed by atoms with Crippen LogP contribution in [0.5, 0.6) is 5.75 Å². The van der Waals surface area contributed by atoms with Crippen LogP contribution >= 0.6 is 11.3 Å². The lowest BCUT2D eigenvalue weighted by atomic mass is 10.1. The Labute approximate surface area is 138 Å². The van der Waals surface area contributed by atoms with E-state index < -0.39 is 0 Å². The number of fused-ring (bicyclic) bond motifs is 1.